The van der Waals surface area contributed by atoms with Gasteiger partial charge in [0.15, 0.2) is 0 Å². The number of aryl methyl sites for hydroxylation is 2. The Morgan fingerprint density at radius 1 is 1.42 bits per heavy atom. The van der Waals surface area contributed by atoms with E-state index >= 15 is 0 Å². The second kappa shape index (κ2) is 5.74. The highest BCUT2D eigenvalue weighted by atomic mass is 16.2. The third-order valence-electron chi connectivity index (χ3n) is 4.10. The molecule has 1 aliphatic rings. The highest BCUT2D eigenvalue weighted by molar-refractivity contribution is 5.76. The van der Waals surface area contributed by atoms with Crippen LogP contribution in [0.3, 0.4) is 0 Å². The summed E-state index contributed by atoms with van der Waals surface area (Å²) in [4.78, 5) is 14.0. The van der Waals surface area contributed by atoms with Crippen LogP contribution in [-0.4, -0.2) is 30.9 Å². The van der Waals surface area contributed by atoms with Crippen molar-refractivity contribution in [2.45, 2.75) is 32.6 Å². The zero-order valence-corrected chi connectivity index (χ0v) is 12.0. The zero-order valence-electron chi connectivity index (χ0n) is 12.0. The highest BCUT2D eigenvalue weighted by Crippen LogP contribution is 2.44. The molecule has 0 aromatic heterocycles. The molecule has 2 N–H and O–H groups in total. The molecule has 1 amide bonds. The van der Waals surface area contributed by atoms with Gasteiger partial charge in [-0.05, 0) is 38.3 Å². The third kappa shape index (κ3) is 3.80. The Labute approximate surface area is 115 Å². The molecule has 0 atom stereocenters. The number of carbonyl (C=O) groups is 1. The van der Waals surface area contributed by atoms with Gasteiger partial charge in [0.25, 0.3) is 0 Å². The summed E-state index contributed by atoms with van der Waals surface area (Å²) in [5, 5.41) is 0. The Morgan fingerprint density at radius 2 is 2.16 bits per heavy atom. The molecule has 104 valence electrons. The Hall–Kier alpha value is -1.35. The van der Waals surface area contributed by atoms with E-state index in [0.717, 1.165) is 13.0 Å². The molecule has 0 radical (unpaired) electrons. The Bertz CT molecular complexity index is 452. The van der Waals surface area contributed by atoms with E-state index in [1.54, 1.807) is 0 Å². The standard InChI is InChI=1S/C16H24N2O/c1-13-4-3-5-14(10-13)6-7-15(19)18(2)12-16(11-17)8-9-16/h3-5,10H,6-9,11-12,17H2,1-2H3. The topological polar surface area (TPSA) is 46.3 Å². The van der Waals surface area contributed by atoms with Crippen LogP contribution in [0, 0.1) is 12.3 Å². The predicted molar refractivity (Wildman–Crippen MR) is 77.9 cm³/mol. The smallest absolute Gasteiger partial charge is 0.222 e. The van der Waals surface area contributed by atoms with Gasteiger partial charge < -0.3 is 10.6 Å². The molecule has 3 nitrogen and oxygen atoms in total. The minimum Gasteiger partial charge on any atom is -0.345 e. The average Bonchev–Trinajstić information content (AvgIpc) is 3.16. The summed E-state index contributed by atoms with van der Waals surface area (Å²) in [6.07, 6.45) is 3.74. The Morgan fingerprint density at radius 3 is 2.74 bits per heavy atom. The molecule has 19 heavy (non-hydrogen) atoms. The average molecular weight is 260 g/mol. The molecule has 0 bridgehead atoms. The van der Waals surface area contributed by atoms with Crippen LogP contribution in [0.1, 0.15) is 30.4 Å². The van der Waals surface area contributed by atoms with E-state index in [4.69, 9.17) is 5.73 Å². The largest absolute Gasteiger partial charge is 0.345 e. The SMILES string of the molecule is Cc1cccc(CCC(=O)N(C)CC2(CN)CC2)c1. The van der Waals surface area contributed by atoms with Gasteiger partial charge in [0.05, 0.1) is 0 Å². The van der Waals surface area contributed by atoms with Crippen LogP contribution >= 0.6 is 0 Å². The van der Waals surface area contributed by atoms with Crippen LogP contribution in [0.2, 0.25) is 0 Å². The van der Waals surface area contributed by atoms with Gasteiger partial charge in [-0.3, -0.25) is 4.79 Å². The van der Waals surface area contributed by atoms with Crippen LogP contribution in [0.5, 0.6) is 0 Å². The van der Waals surface area contributed by atoms with Gasteiger partial charge >= 0.3 is 0 Å². The molecule has 1 saturated carbocycles. The lowest BCUT2D eigenvalue weighted by atomic mass is 10.1. The molecular formula is C16H24N2O. The molecule has 0 saturated heterocycles. The van der Waals surface area contributed by atoms with Crippen molar-refractivity contribution in [1.29, 1.82) is 0 Å². The quantitative estimate of drug-likeness (QED) is 0.851. The summed E-state index contributed by atoms with van der Waals surface area (Å²) >= 11 is 0. The molecule has 1 aliphatic carbocycles. The summed E-state index contributed by atoms with van der Waals surface area (Å²) in [5.41, 5.74) is 8.48. The first-order valence-corrected chi connectivity index (χ1v) is 7.04. The summed E-state index contributed by atoms with van der Waals surface area (Å²) in [7, 11) is 1.90. The first kappa shape index (κ1) is 14.1. The van der Waals surface area contributed by atoms with Gasteiger partial charge in [-0.15, -0.1) is 0 Å². The molecule has 0 heterocycles. The maximum Gasteiger partial charge on any atom is 0.222 e. The number of nitrogens with zero attached hydrogens (tertiary/aromatic N) is 1. The lowest BCUT2D eigenvalue weighted by molar-refractivity contribution is -0.130. The normalized spacial score (nSPS) is 16.2. The second-order valence-electron chi connectivity index (χ2n) is 5.94. The van der Waals surface area contributed by atoms with Gasteiger partial charge in [-0.1, -0.05) is 29.8 Å². The Balaban J connectivity index is 1.81. The van der Waals surface area contributed by atoms with Crippen molar-refractivity contribution >= 4 is 5.91 Å². The zero-order chi connectivity index (χ0) is 13.9. The predicted octanol–water partition coefficient (Wildman–Crippen LogP) is 2.12. The van der Waals surface area contributed by atoms with Gasteiger partial charge in [-0.2, -0.15) is 0 Å². The summed E-state index contributed by atoms with van der Waals surface area (Å²) < 4.78 is 0. The monoisotopic (exact) mass is 260 g/mol. The van der Waals surface area contributed by atoms with Gasteiger partial charge in [0, 0.05) is 25.4 Å². The maximum atomic E-state index is 12.1. The molecule has 0 spiro atoms. The van der Waals surface area contributed by atoms with Crippen molar-refractivity contribution < 1.29 is 4.79 Å². The van der Waals surface area contributed by atoms with Crippen LogP contribution < -0.4 is 5.73 Å². The first-order valence-electron chi connectivity index (χ1n) is 7.04. The number of amides is 1. The van der Waals surface area contributed by atoms with E-state index in [0.29, 0.717) is 13.0 Å². The number of rotatable bonds is 6. The highest BCUT2D eigenvalue weighted by Gasteiger charge is 2.42. The van der Waals surface area contributed by atoms with Gasteiger partial charge in [-0.25, -0.2) is 0 Å². The number of benzene rings is 1. The van der Waals surface area contributed by atoms with E-state index in [9.17, 15) is 4.79 Å². The van der Waals surface area contributed by atoms with E-state index in [2.05, 4.69) is 25.1 Å². The molecule has 0 unspecified atom stereocenters. The molecule has 1 fully saturated rings. The van der Waals surface area contributed by atoms with E-state index in [1.807, 2.05) is 18.0 Å². The van der Waals surface area contributed by atoms with Gasteiger partial charge in [0.2, 0.25) is 5.91 Å². The van der Waals surface area contributed by atoms with Crippen molar-refractivity contribution in [3.05, 3.63) is 35.4 Å². The summed E-state index contributed by atoms with van der Waals surface area (Å²) in [5.74, 6) is 0.223. The minimum absolute atomic E-state index is 0.223. The second-order valence-corrected chi connectivity index (χ2v) is 5.94. The number of nitrogens with two attached hydrogens (primary N) is 1. The van der Waals surface area contributed by atoms with E-state index < -0.39 is 0 Å². The minimum atomic E-state index is 0.223. The third-order valence-corrected chi connectivity index (χ3v) is 4.10. The van der Waals surface area contributed by atoms with Crippen LogP contribution in [0.15, 0.2) is 24.3 Å². The summed E-state index contributed by atoms with van der Waals surface area (Å²) in [6.45, 7) is 3.59. The molecule has 3 heteroatoms. The number of carbonyl (C=O) groups excluding carboxylic acids is 1. The molecule has 0 aliphatic heterocycles. The molecule has 1 aromatic rings. The molecule has 2 rings (SSSR count). The van der Waals surface area contributed by atoms with Crippen molar-refractivity contribution in [2.75, 3.05) is 20.1 Å². The van der Waals surface area contributed by atoms with Crippen molar-refractivity contribution in [2.24, 2.45) is 11.1 Å². The number of hydrogen-bond donors (Lipinski definition) is 1. The van der Waals surface area contributed by atoms with E-state index in [1.165, 1.54) is 24.0 Å². The van der Waals surface area contributed by atoms with Crippen LogP contribution in [0.25, 0.3) is 0 Å². The first-order chi connectivity index (χ1) is 9.04. The summed E-state index contributed by atoms with van der Waals surface area (Å²) in [6, 6.07) is 8.36. The lowest BCUT2D eigenvalue weighted by Gasteiger charge is -2.22. The van der Waals surface area contributed by atoms with E-state index in [-0.39, 0.29) is 11.3 Å². The fourth-order valence-electron chi connectivity index (χ4n) is 2.50. The van der Waals surface area contributed by atoms with Gasteiger partial charge in [0.1, 0.15) is 0 Å². The maximum absolute atomic E-state index is 12.1. The lowest BCUT2D eigenvalue weighted by Crippen LogP contribution is -2.35. The fraction of sp³-hybridized carbons (Fsp3) is 0.562. The van der Waals surface area contributed by atoms with Crippen molar-refractivity contribution in [1.82, 2.24) is 4.90 Å². The van der Waals surface area contributed by atoms with Crippen LogP contribution in [-0.2, 0) is 11.2 Å². The fourth-order valence-corrected chi connectivity index (χ4v) is 2.50. The number of hydrogen-bond acceptors (Lipinski definition) is 2. The van der Waals surface area contributed by atoms with Crippen molar-refractivity contribution in [3.8, 4) is 0 Å². The van der Waals surface area contributed by atoms with Crippen LogP contribution in [0.4, 0.5) is 0 Å². The van der Waals surface area contributed by atoms with Crippen molar-refractivity contribution in [3.63, 3.8) is 0 Å². The Kier molecular flexibility index (Phi) is 4.25. The molecular weight excluding hydrogens is 236 g/mol. The molecule has 1 aromatic carbocycles.